The Morgan fingerprint density at radius 1 is 1.79 bits per heavy atom. The van der Waals surface area contributed by atoms with Crippen molar-refractivity contribution in [1.29, 1.82) is 0 Å². The van der Waals surface area contributed by atoms with Crippen LogP contribution >= 0.6 is 15.9 Å². The van der Waals surface area contributed by atoms with Crippen LogP contribution in [0.4, 0.5) is 8.78 Å². The summed E-state index contributed by atoms with van der Waals surface area (Å²) in [6, 6.07) is 0. The quantitative estimate of drug-likeness (QED) is 0.910. The van der Waals surface area contributed by atoms with Gasteiger partial charge in [-0.05, 0) is 22.9 Å². The smallest absolute Gasteiger partial charge is 0.385 e. The molecule has 1 N–H and O–H groups in total. The molecule has 1 aromatic rings. The van der Waals surface area contributed by atoms with Gasteiger partial charge in [0.2, 0.25) is 0 Å². The number of carbonyl (C=O) groups is 1. The maximum Gasteiger partial charge on any atom is 0.385 e. The van der Waals surface area contributed by atoms with Crippen LogP contribution in [0, 0.1) is 0 Å². The van der Waals surface area contributed by atoms with Crippen molar-refractivity contribution in [3.8, 4) is 0 Å². The summed E-state index contributed by atoms with van der Waals surface area (Å²) in [6.07, 6.45) is 1.15. The lowest BCUT2D eigenvalue weighted by Gasteiger charge is -2.13. The molecule has 0 saturated heterocycles. The van der Waals surface area contributed by atoms with E-state index in [1.54, 1.807) is 6.92 Å². The number of rotatable bonds is 3. The summed E-state index contributed by atoms with van der Waals surface area (Å²) in [5.74, 6) is -6.11. The third-order valence-electron chi connectivity index (χ3n) is 1.66. The standard InChI is InChI=1S/C7H7BrF2N2O2/c1-2-12-5(4(8)3-11-12)7(9,10)6(13)14/h3H,2H2,1H3,(H,13,14). The lowest BCUT2D eigenvalue weighted by molar-refractivity contribution is -0.167. The van der Waals surface area contributed by atoms with Crippen molar-refractivity contribution < 1.29 is 18.7 Å². The van der Waals surface area contributed by atoms with Gasteiger partial charge in [0.15, 0.2) is 0 Å². The molecule has 14 heavy (non-hydrogen) atoms. The van der Waals surface area contributed by atoms with E-state index in [0.29, 0.717) is 0 Å². The first-order valence-electron chi connectivity index (χ1n) is 3.74. The van der Waals surface area contributed by atoms with Crippen LogP contribution in [0.25, 0.3) is 0 Å². The third-order valence-corrected chi connectivity index (χ3v) is 2.24. The van der Waals surface area contributed by atoms with Gasteiger partial charge in [-0.25, -0.2) is 4.79 Å². The van der Waals surface area contributed by atoms with Gasteiger partial charge in [-0.1, -0.05) is 0 Å². The molecule has 78 valence electrons. The van der Waals surface area contributed by atoms with Gasteiger partial charge >= 0.3 is 11.9 Å². The molecule has 0 aliphatic carbocycles. The van der Waals surface area contributed by atoms with Gasteiger partial charge in [-0.2, -0.15) is 13.9 Å². The van der Waals surface area contributed by atoms with E-state index in [1.807, 2.05) is 0 Å². The predicted molar refractivity (Wildman–Crippen MR) is 47.1 cm³/mol. The van der Waals surface area contributed by atoms with E-state index in [2.05, 4.69) is 21.0 Å². The van der Waals surface area contributed by atoms with Crippen molar-refractivity contribution in [3.05, 3.63) is 16.4 Å². The molecule has 0 unspecified atom stereocenters. The molecule has 1 aromatic heterocycles. The second-order valence-corrected chi connectivity index (χ2v) is 3.39. The molecule has 0 saturated carbocycles. The lowest BCUT2D eigenvalue weighted by Crippen LogP contribution is -2.29. The summed E-state index contributed by atoms with van der Waals surface area (Å²) in [4.78, 5) is 10.3. The van der Waals surface area contributed by atoms with Crippen molar-refractivity contribution in [3.63, 3.8) is 0 Å². The predicted octanol–water partition coefficient (Wildman–Crippen LogP) is 1.84. The number of hydrogen-bond acceptors (Lipinski definition) is 2. The SMILES string of the molecule is CCn1ncc(Br)c1C(F)(F)C(=O)O. The van der Waals surface area contributed by atoms with Gasteiger partial charge in [-0.15, -0.1) is 0 Å². The highest BCUT2D eigenvalue weighted by Gasteiger charge is 2.45. The molecule has 7 heteroatoms. The van der Waals surface area contributed by atoms with Crippen LogP contribution in [0.5, 0.6) is 0 Å². The molecule has 0 aliphatic heterocycles. The molecule has 0 fully saturated rings. The topological polar surface area (TPSA) is 55.1 Å². The summed E-state index contributed by atoms with van der Waals surface area (Å²) in [5.41, 5.74) is -0.632. The zero-order valence-corrected chi connectivity index (χ0v) is 8.75. The molecule has 1 heterocycles. The highest BCUT2D eigenvalue weighted by atomic mass is 79.9. The lowest BCUT2D eigenvalue weighted by atomic mass is 10.2. The average Bonchev–Trinajstić information content (AvgIpc) is 2.46. The second kappa shape index (κ2) is 3.64. The Balaban J connectivity index is 3.29. The minimum atomic E-state index is -3.93. The van der Waals surface area contributed by atoms with E-state index in [0.717, 1.165) is 10.9 Å². The summed E-state index contributed by atoms with van der Waals surface area (Å²) in [7, 11) is 0. The summed E-state index contributed by atoms with van der Waals surface area (Å²) in [6.45, 7) is 1.78. The van der Waals surface area contributed by atoms with Gasteiger partial charge in [0, 0.05) is 6.54 Å². The van der Waals surface area contributed by atoms with Crippen LogP contribution in [0.3, 0.4) is 0 Å². The van der Waals surface area contributed by atoms with E-state index >= 15 is 0 Å². The molecule has 0 spiro atoms. The molecule has 0 aromatic carbocycles. The molecule has 0 radical (unpaired) electrons. The van der Waals surface area contributed by atoms with E-state index < -0.39 is 17.6 Å². The fourth-order valence-corrected chi connectivity index (χ4v) is 1.56. The number of aryl methyl sites for hydroxylation is 1. The Kier molecular flexibility index (Phi) is 2.89. The molecule has 0 atom stereocenters. The summed E-state index contributed by atoms with van der Waals surface area (Å²) in [5, 5.41) is 12.0. The number of aromatic nitrogens is 2. The zero-order valence-electron chi connectivity index (χ0n) is 7.17. The second-order valence-electron chi connectivity index (χ2n) is 2.54. The zero-order chi connectivity index (χ0) is 10.9. The first-order chi connectivity index (χ1) is 6.41. The number of carboxylic acid groups (broad SMARTS) is 1. The normalized spacial score (nSPS) is 11.7. The van der Waals surface area contributed by atoms with Gasteiger partial charge < -0.3 is 5.11 Å². The Hall–Kier alpha value is -0.980. The van der Waals surface area contributed by atoms with Crippen LogP contribution in [0.2, 0.25) is 0 Å². The maximum atomic E-state index is 13.1. The van der Waals surface area contributed by atoms with E-state index in [1.165, 1.54) is 0 Å². The van der Waals surface area contributed by atoms with Crippen molar-refractivity contribution in [2.75, 3.05) is 0 Å². The Morgan fingerprint density at radius 3 is 2.79 bits per heavy atom. The first kappa shape index (κ1) is 11.1. The van der Waals surface area contributed by atoms with E-state index in [-0.39, 0.29) is 11.0 Å². The largest absolute Gasteiger partial charge is 0.476 e. The molecule has 0 bridgehead atoms. The minimum Gasteiger partial charge on any atom is -0.476 e. The summed E-state index contributed by atoms with van der Waals surface area (Å²) < 4.78 is 27.2. The number of nitrogens with zero attached hydrogens (tertiary/aromatic N) is 2. The van der Waals surface area contributed by atoms with Crippen LogP contribution in [-0.2, 0) is 17.3 Å². The number of aliphatic carboxylic acids is 1. The van der Waals surface area contributed by atoms with Gasteiger partial charge in [0.05, 0.1) is 10.7 Å². The van der Waals surface area contributed by atoms with Crippen molar-refractivity contribution in [2.45, 2.75) is 19.4 Å². The number of hydrogen-bond donors (Lipinski definition) is 1. The number of halogens is 3. The molecular formula is C7H7BrF2N2O2. The van der Waals surface area contributed by atoms with Crippen molar-refractivity contribution in [1.82, 2.24) is 9.78 Å². The fourth-order valence-electron chi connectivity index (χ4n) is 1.02. The third kappa shape index (κ3) is 1.63. The maximum absolute atomic E-state index is 13.1. The van der Waals surface area contributed by atoms with Gasteiger partial charge in [0.1, 0.15) is 5.69 Å². The van der Waals surface area contributed by atoms with Crippen LogP contribution < -0.4 is 0 Å². The first-order valence-corrected chi connectivity index (χ1v) is 4.53. The number of alkyl halides is 2. The van der Waals surface area contributed by atoms with Crippen molar-refractivity contribution in [2.24, 2.45) is 0 Å². The minimum absolute atomic E-state index is 0.00764. The van der Waals surface area contributed by atoms with Crippen LogP contribution in [-0.4, -0.2) is 20.9 Å². The van der Waals surface area contributed by atoms with E-state index in [4.69, 9.17) is 5.11 Å². The van der Waals surface area contributed by atoms with E-state index in [9.17, 15) is 13.6 Å². The number of carboxylic acids is 1. The highest BCUT2D eigenvalue weighted by Crippen LogP contribution is 2.33. The Labute approximate surface area is 86.7 Å². The van der Waals surface area contributed by atoms with Gasteiger partial charge in [0.25, 0.3) is 0 Å². The molecule has 0 amide bonds. The molecule has 0 aliphatic rings. The fraction of sp³-hybridized carbons (Fsp3) is 0.429. The summed E-state index contributed by atoms with van der Waals surface area (Å²) >= 11 is 2.84. The van der Waals surface area contributed by atoms with Crippen molar-refractivity contribution >= 4 is 21.9 Å². The Bertz CT molecular complexity index is 365. The molecule has 4 nitrogen and oxygen atoms in total. The highest BCUT2D eigenvalue weighted by molar-refractivity contribution is 9.10. The van der Waals surface area contributed by atoms with Crippen LogP contribution in [0.1, 0.15) is 12.6 Å². The average molecular weight is 269 g/mol. The Morgan fingerprint density at radius 2 is 2.36 bits per heavy atom. The van der Waals surface area contributed by atoms with Crippen LogP contribution in [0.15, 0.2) is 10.7 Å². The molecular weight excluding hydrogens is 262 g/mol. The molecule has 1 rings (SSSR count). The van der Waals surface area contributed by atoms with Gasteiger partial charge in [-0.3, -0.25) is 4.68 Å². The monoisotopic (exact) mass is 268 g/mol.